The molecule has 6 nitrogen and oxygen atoms in total. The van der Waals surface area contributed by atoms with E-state index in [0.29, 0.717) is 30.5 Å². The predicted molar refractivity (Wildman–Crippen MR) is 82.6 cm³/mol. The fourth-order valence-electron chi connectivity index (χ4n) is 2.85. The van der Waals surface area contributed by atoms with Crippen molar-refractivity contribution in [2.24, 2.45) is 0 Å². The molecule has 0 saturated carbocycles. The number of carboxylic acid groups (broad SMARTS) is 1. The van der Waals surface area contributed by atoms with Crippen LogP contribution in [0, 0.1) is 11.3 Å². The van der Waals surface area contributed by atoms with Gasteiger partial charge in [-0.3, -0.25) is 4.90 Å². The molecule has 1 aliphatic rings. The number of likely N-dealkylation sites (tertiary alicyclic amines) is 1. The van der Waals surface area contributed by atoms with Gasteiger partial charge in [-0.25, -0.2) is 9.59 Å². The zero-order chi connectivity index (χ0) is 17.3. The molecule has 1 N–H and O–H groups in total. The second-order valence-corrected chi connectivity index (χ2v) is 6.59. The van der Waals surface area contributed by atoms with E-state index in [1.165, 1.54) is 4.90 Å². The van der Waals surface area contributed by atoms with Crippen LogP contribution in [-0.2, 0) is 15.1 Å². The minimum Gasteiger partial charge on any atom is -0.479 e. The van der Waals surface area contributed by atoms with Crippen molar-refractivity contribution in [1.29, 1.82) is 5.26 Å². The number of hydrogen-bond donors (Lipinski definition) is 1. The van der Waals surface area contributed by atoms with Gasteiger partial charge in [0.1, 0.15) is 5.60 Å². The highest BCUT2D eigenvalue weighted by Crippen LogP contribution is 2.40. The molecule has 1 atom stereocenters. The Morgan fingerprint density at radius 1 is 1.30 bits per heavy atom. The van der Waals surface area contributed by atoms with E-state index < -0.39 is 23.2 Å². The predicted octanol–water partition coefficient (Wildman–Crippen LogP) is 2.87. The molecule has 0 spiro atoms. The maximum atomic E-state index is 12.5. The summed E-state index contributed by atoms with van der Waals surface area (Å²) in [7, 11) is 0. The lowest BCUT2D eigenvalue weighted by Gasteiger charge is -2.36. The van der Waals surface area contributed by atoms with Gasteiger partial charge in [0.25, 0.3) is 0 Å². The molecule has 0 aromatic heterocycles. The summed E-state index contributed by atoms with van der Waals surface area (Å²) in [5, 5.41) is 18.7. The zero-order valence-electron chi connectivity index (χ0n) is 13.5. The van der Waals surface area contributed by atoms with Gasteiger partial charge in [0, 0.05) is 6.54 Å². The first-order valence-corrected chi connectivity index (χ1v) is 7.45. The van der Waals surface area contributed by atoms with Gasteiger partial charge in [-0.05, 0) is 51.3 Å². The van der Waals surface area contributed by atoms with Crippen molar-refractivity contribution >= 4 is 12.1 Å². The number of carbonyl (C=O) groups excluding carboxylic acids is 1. The van der Waals surface area contributed by atoms with Crippen LogP contribution in [0.3, 0.4) is 0 Å². The maximum Gasteiger partial charge on any atom is 0.411 e. The van der Waals surface area contributed by atoms with E-state index in [-0.39, 0.29) is 0 Å². The lowest BCUT2D eigenvalue weighted by Crippen LogP contribution is -2.52. The van der Waals surface area contributed by atoms with E-state index in [1.807, 2.05) is 6.07 Å². The average molecular weight is 316 g/mol. The molecule has 1 amide bonds. The molecule has 0 aliphatic carbocycles. The second kappa shape index (κ2) is 5.92. The Kier molecular flexibility index (Phi) is 4.33. The van der Waals surface area contributed by atoms with E-state index in [1.54, 1.807) is 45.0 Å². The van der Waals surface area contributed by atoms with Crippen molar-refractivity contribution < 1.29 is 19.4 Å². The number of carboxylic acids is 1. The average Bonchev–Trinajstić information content (AvgIpc) is 2.91. The van der Waals surface area contributed by atoms with Gasteiger partial charge in [0.15, 0.2) is 5.54 Å². The van der Waals surface area contributed by atoms with E-state index >= 15 is 0 Å². The number of nitriles is 1. The summed E-state index contributed by atoms with van der Waals surface area (Å²) in [5.41, 5.74) is -1.23. The molecule has 0 unspecified atom stereocenters. The minimum absolute atomic E-state index is 0.313. The van der Waals surface area contributed by atoms with Crippen molar-refractivity contribution in [2.45, 2.75) is 44.8 Å². The quantitative estimate of drug-likeness (QED) is 0.906. The van der Waals surface area contributed by atoms with Crippen LogP contribution < -0.4 is 0 Å². The molecular formula is C17H20N2O4. The third kappa shape index (κ3) is 3.14. The number of ether oxygens (including phenoxy) is 1. The Hall–Kier alpha value is -2.55. The molecule has 6 heteroatoms. The molecule has 0 radical (unpaired) electrons. The molecular weight excluding hydrogens is 296 g/mol. The molecule has 1 heterocycles. The fraction of sp³-hybridized carbons (Fsp3) is 0.471. The monoisotopic (exact) mass is 316 g/mol. The Labute approximate surface area is 135 Å². The minimum atomic E-state index is -1.45. The largest absolute Gasteiger partial charge is 0.479 e. The first kappa shape index (κ1) is 16.8. The Bertz CT molecular complexity index is 655. The zero-order valence-corrected chi connectivity index (χ0v) is 13.5. The molecule has 1 aromatic rings. The summed E-state index contributed by atoms with van der Waals surface area (Å²) >= 11 is 0. The smallest absolute Gasteiger partial charge is 0.411 e. The standard InChI is InChI=1S/C17H20N2O4/c1-16(2,3)23-15(22)19-10-4-9-17(19,14(20)21)13-7-5-12(11-18)6-8-13/h5-8H,4,9-10H2,1-3H3,(H,20,21)/t17-/m0/s1. The highest BCUT2D eigenvalue weighted by molar-refractivity contribution is 5.86. The number of aliphatic carboxylic acids is 1. The van der Waals surface area contributed by atoms with E-state index in [9.17, 15) is 14.7 Å². The van der Waals surface area contributed by atoms with Crippen molar-refractivity contribution in [2.75, 3.05) is 6.54 Å². The highest BCUT2D eigenvalue weighted by atomic mass is 16.6. The number of nitrogens with zero attached hydrogens (tertiary/aromatic N) is 2. The summed E-state index contributed by atoms with van der Waals surface area (Å²) in [6, 6.07) is 8.31. The van der Waals surface area contributed by atoms with Crippen molar-refractivity contribution in [3.8, 4) is 6.07 Å². The molecule has 1 fully saturated rings. The van der Waals surface area contributed by atoms with Gasteiger partial charge in [-0.15, -0.1) is 0 Å². The lowest BCUT2D eigenvalue weighted by atomic mass is 9.87. The Balaban J connectivity index is 2.44. The van der Waals surface area contributed by atoms with Gasteiger partial charge < -0.3 is 9.84 Å². The normalized spacial score (nSPS) is 20.9. The van der Waals surface area contributed by atoms with Gasteiger partial charge in [0.05, 0.1) is 11.6 Å². The SMILES string of the molecule is CC(C)(C)OC(=O)N1CCC[C@@]1(C(=O)O)c1ccc(C#N)cc1. The first-order chi connectivity index (χ1) is 10.7. The van der Waals surface area contributed by atoms with Crippen LogP contribution in [-0.4, -0.2) is 34.2 Å². The van der Waals surface area contributed by atoms with Crippen LogP contribution in [0.5, 0.6) is 0 Å². The summed E-state index contributed by atoms with van der Waals surface area (Å²) in [5.74, 6) is -1.09. The summed E-state index contributed by atoms with van der Waals surface area (Å²) in [6.07, 6.45) is 0.251. The van der Waals surface area contributed by atoms with Crippen LogP contribution in [0.25, 0.3) is 0 Å². The maximum absolute atomic E-state index is 12.5. The van der Waals surface area contributed by atoms with E-state index in [2.05, 4.69) is 0 Å². The van der Waals surface area contributed by atoms with Crippen LogP contribution >= 0.6 is 0 Å². The number of amides is 1. The number of benzene rings is 1. The Morgan fingerprint density at radius 2 is 1.91 bits per heavy atom. The molecule has 1 aliphatic heterocycles. The van der Waals surface area contributed by atoms with E-state index in [0.717, 1.165) is 0 Å². The van der Waals surface area contributed by atoms with Crippen molar-refractivity contribution in [3.05, 3.63) is 35.4 Å². The number of carbonyl (C=O) groups is 2. The third-order valence-electron chi connectivity index (χ3n) is 3.84. The van der Waals surface area contributed by atoms with Gasteiger partial charge in [-0.1, -0.05) is 12.1 Å². The van der Waals surface area contributed by atoms with Crippen LogP contribution in [0.2, 0.25) is 0 Å². The van der Waals surface area contributed by atoms with Crippen molar-refractivity contribution in [1.82, 2.24) is 4.90 Å². The number of rotatable bonds is 2. The Morgan fingerprint density at radius 3 is 2.39 bits per heavy atom. The van der Waals surface area contributed by atoms with Crippen molar-refractivity contribution in [3.63, 3.8) is 0 Å². The topological polar surface area (TPSA) is 90.6 Å². The van der Waals surface area contributed by atoms with Crippen LogP contribution in [0.1, 0.15) is 44.7 Å². The van der Waals surface area contributed by atoms with Gasteiger partial charge in [-0.2, -0.15) is 5.26 Å². The van der Waals surface area contributed by atoms with Crippen LogP contribution in [0.15, 0.2) is 24.3 Å². The molecule has 0 bridgehead atoms. The molecule has 122 valence electrons. The lowest BCUT2D eigenvalue weighted by molar-refractivity contribution is -0.150. The third-order valence-corrected chi connectivity index (χ3v) is 3.84. The second-order valence-electron chi connectivity index (χ2n) is 6.59. The molecule has 1 saturated heterocycles. The molecule has 1 aromatic carbocycles. The molecule has 2 rings (SSSR count). The van der Waals surface area contributed by atoms with E-state index in [4.69, 9.17) is 10.00 Å². The van der Waals surface area contributed by atoms with Crippen LogP contribution in [0.4, 0.5) is 4.79 Å². The first-order valence-electron chi connectivity index (χ1n) is 7.45. The molecule has 23 heavy (non-hydrogen) atoms. The summed E-state index contributed by atoms with van der Waals surface area (Å²) < 4.78 is 5.36. The highest BCUT2D eigenvalue weighted by Gasteiger charge is 2.52. The summed E-state index contributed by atoms with van der Waals surface area (Å²) in [6.45, 7) is 5.54. The fourth-order valence-corrected chi connectivity index (χ4v) is 2.85. The van der Waals surface area contributed by atoms with Gasteiger partial charge >= 0.3 is 12.1 Å². The summed E-state index contributed by atoms with van der Waals surface area (Å²) in [4.78, 5) is 25.8. The number of hydrogen-bond acceptors (Lipinski definition) is 4. The van der Waals surface area contributed by atoms with Gasteiger partial charge in [0.2, 0.25) is 0 Å².